The first-order chi connectivity index (χ1) is 12.3. The summed E-state index contributed by atoms with van der Waals surface area (Å²) in [4.78, 5) is 24.4. The predicted molar refractivity (Wildman–Crippen MR) is 96.1 cm³/mol. The van der Waals surface area contributed by atoms with E-state index in [1.807, 2.05) is 6.07 Å². The fourth-order valence-electron chi connectivity index (χ4n) is 2.76. The summed E-state index contributed by atoms with van der Waals surface area (Å²) in [5.41, 5.74) is -1.12. The molecule has 0 aliphatic carbocycles. The Morgan fingerprint density at radius 3 is 2.77 bits per heavy atom. The molecule has 140 valence electrons. The van der Waals surface area contributed by atoms with Crippen LogP contribution in [0.2, 0.25) is 0 Å². The minimum absolute atomic E-state index is 0.00153. The number of nitrogens with zero attached hydrogens (tertiary/aromatic N) is 1. The standard InChI is InChI=1S/C16H18ClN2O6P/c1-16(17)9-12(10-23-26(22)25-11-5-3-2-4-6-11)24-14(16)19-8-7-13(20)18-15(19)21/h2-8,12,14,26H,9-10H2,1H3,(H,18,20,21)/t12-,14+,16+/m0/s1. The lowest BCUT2D eigenvalue weighted by Crippen LogP contribution is -2.37. The van der Waals surface area contributed by atoms with Crippen LogP contribution in [0.1, 0.15) is 19.6 Å². The van der Waals surface area contributed by atoms with Gasteiger partial charge in [0.15, 0.2) is 6.23 Å². The molecule has 26 heavy (non-hydrogen) atoms. The van der Waals surface area contributed by atoms with Gasteiger partial charge >= 0.3 is 13.9 Å². The van der Waals surface area contributed by atoms with Crippen molar-refractivity contribution in [3.63, 3.8) is 0 Å². The quantitative estimate of drug-likeness (QED) is 0.590. The van der Waals surface area contributed by atoms with Gasteiger partial charge in [0.25, 0.3) is 5.56 Å². The molecule has 1 aromatic carbocycles. The average Bonchev–Trinajstić information content (AvgIpc) is 2.88. The van der Waals surface area contributed by atoms with Crippen LogP contribution in [0.25, 0.3) is 0 Å². The summed E-state index contributed by atoms with van der Waals surface area (Å²) >= 11 is 6.49. The molecule has 0 radical (unpaired) electrons. The third-order valence-electron chi connectivity index (χ3n) is 3.90. The highest BCUT2D eigenvalue weighted by Crippen LogP contribution is 2.43. The van der Waals surface area contributed by atoms with Gasteiger partial charge in [-0.1, -0.05) is 18.2 Å². The van der Waals surface area contributed by atoms with Gasteiger partial charge in [0.2, 0.25) is 0 Å². The summed E-state index contributed by atoms with van der Waals surface area (Å²) in [6.45, 7) is 1.72. The normalized spacial score (nSPS) is 26.5. The number of rotatable bonds is 6. The summed E-state index contributed by atoms with van der Waals surface area (Å²) in [6, 6.07) is 9.90. The van der Waals surface area contributed by atoms with Gasteiger partial charge in [0, 0.05) is 12.3 Å². The van der Waals surface area contributed by atoms with Gasteiger partial charge in [-0.05, 0) is 25.5 Å². The molecule has 0 spiro atoms. The molecule has 0 bridgehead atoms. The van der Waals surface area contributed by atoms with Gasteiger partial charge in [-0.3, -0.25) is 18.9 Å². The highest BCUT2D eigenvalue weighted by Gasteiger charge is 2.45. The van der Waals surface area contributed by atoms with Gasteiger partial charge in [0.1, 0.15) is 5.75 Å². The van der Waals surface area contributed by atoms with Crippen LogP contribution in [0.15, 0.2) is 52.2 Å². The van der Waals surface area contributed by atoms with Crippen molar-refractivity contribution in [3.05, 3.63) is 63.4 Å². The summed E-state index contributed by atoms with van der Waals surface area (Å²) in [7, 11) is -2.75. The Morgan fingerprint density at radius 1 is 1.35 bits per heavy atom. The van der Waals surface area contributed by atoms with Crippen molar-refractivity contribution in [1.82, 2.24) is 9.55 Å². The third-order valence-corrected chi connectivity index (χ3v) is 5.04. The number of aromatic nitrogens is 2. The number of nitrogens with one attached hydrogen (secondary N) is 1. The third kappa shape index (κ3) is 4.45. The van der Waals surface area contributed by atoms with Crippen LogP contribution in [0, 0.1) is 0 Å². The fourth-order valence-corrected chi connectivity index (χ4v) is 3.80. The summed E-state index contributed by atoms with van der Waals surface area (Å²) in [5.74, 6) is 0.448. The van der Waals surface area contributed by atoms with Crippen LogP contribution in [0.4, 0.5) is 0 Å². The molecule has 0 amide bonds. The molecule has 1 aliphatic rings. The van der Waals surface area contributed by atoms with Crippen LogP contribution in [-0.4, -0.2) is 27.1 Å². The zero-order valence-corrected chi connectivity index (χ0v) is 15.6. The van der Waals surface area contributed by atoms with E-state index in [1.165, 1.54) is 16.8 Å². The molecule has 1 unspecified atom stereocenters. The van der Waals surface area contributed by atoms with Gasteiger partial charge in [0.05, 0.1) is 17.6 Å². The van der Waals surface area contributed by atoms with E-state index in [0.717, 1.165) is 0 Å². The van der Waals surface area contributed by atoms with E-state index < -0.39 is 36.7 Å². The Bertz CT molecular complexity index is 897. The Kier molecular flexibility index (Phi) is 5.67. The van der Waals surface area contributed by atoms with E-state index in [-0.39, 0.29) is 6.61 Å². The first-order valence-electron chi connectivity index (χ1n) is 7.91. The van der Waals surface area contributed by atoms with Crippen LogP contribution in [0.5, 0.6) is 5.75 Å². The highest BCUT2D eigenvalue weighted by molar-refractivity contribution is 7.33. The molecule has 4 atom stereocenters. The van der Waals surface area contributed by atoms with Crippen molar-refractivity contribution >= 4 is 19.9 Å². The van der Waals surface area contributed by atoms with E-state index in [0.29, 0.717) is 12.2 Å². The molecule has 1 N–H and O–H groups in total. The molecular formula is C16H18ClN2O6P. The fraction of sp³-hybridized carbons (Fsp3) is 0.375. The van der Waals surface area contributed by atoms with Gasteiger partial charge in [-0.15, -0.1) is 11.6 Å². The number of aromatic amines is 1. The smallest absolute Gasteiger partial charge is 0.367 e. The maximum Gasteiger partial charge on any atom is 0.367 e. The second-order valence-electron chi connectivity index (χ2n) is 6.09. The molecule has 2 aromatic rings. The zero-order chi connectivity index (χ0) is 18.7. The largest absolute Gasteiger partial charge is 0.426 e. The average molecular weight is 401 g/mol. The van der Waals surface area contributed by atoms with Crippen molar-refractivity contribution in [1.29, 1.82) is 0 Å². The molecule has 0 saturated carbocycles. The first-order valence-corrected chi connectivity index (χ1v) is 9.51. The molecule has 1 fully saturated rings. The van der Waals surface area contributed by atoms with E-state index >= 15 is 0 Å². The van der Waals surface area contributed by atoms with E-state index in [4.69, 9.17) is 25.4 Å². The molecule has 1 aromatic heterocycles. The Balaban J connectivity index is 1.61. The number of ether oxygens (including phenoxy) is 1. The minimum Gasteiger partial charge on any atom is -0.426 e. The van der Waals surface area contributed by atoms with Gasteiger partial charge in [-0.25, -0.2) is 9.36 Å². The van der Waals surface area contributed by atoms with Crippen molar-refractivity contribution in [2.24, 2.45) is 0 Å². The van der Waals surface area contributed by atoms with Crippen molar-refractivity contribution in [2.45, 2.75) is 30.6 Å². The molecule has 2 heterocycles. The number of H-pyrrole nitrogens is 1. The van der Waals surface area contributed by atoms with Crippen molar-refractivity contribution < 1.29 is 18.3 Å². The lowest BCUT2D eigenvalue weighted by Gasteiger charge is -2.24. The number of halogens is 1. The Hall–Kier alpha value is -1.86. The maximum atomic E-state index is 12.0. The van der Waals surface area contributed by atoms with Crippen LogP contribution >= 0.6 is 19.9 Å². The topological polar surface area (TPSA) is 99.6 Å². The molecule has 10 heteroatoms. The second kappa shape index (κ2) is 7.80. The van der Waals surface area contributed by atoms with Crippen LogP contribution in [-0.2, 0) is 13.8 Å². The Morgan fingerprint density at radius 2 is 2.08 bits per heavy atom. The molecule has 3 rings (SSSR count). The van der Waals surface area contributed by atoms with E-state index in [2.05, 4.69) is 4.98 Å². The monoisotopic (exact) mass is 400 g/mol. The first kappa shape index (κ1) is 18.9. The summed E-state index contributed by atoms with van der Waals surface area (Å²) < 4.78 is 29.4. The van der Waals surface area contributed by atoms with E-state index in [9.17, 15) is 14.2 Å². The SMILES string of the molecule is C[C@@]1(Cl)C[C@@H](CO[PH](=O)Oc2ccccc2)O[C@H]1n1ccc(=O)[nH]c1=O. The number of alkyl halides is 1. The van der Waals surface area contributed by atoms with Crippen LogP contribution < -0.4 is 15.8 Å². The Labute approximate surface area is 154 Å². The second-order valence-corrected chi connectivity index (χ2v) is 7.94. The number of benzene rings is 1. The lowest BCUT2D eigenvalue weighted by molar-refractivity contribution is -0.0263. The minimum atomic E-state index is -2.75. The maximum absolute atomic E-state index is 12.0. The molecule has 1 saturated heterocycles. The number of hydrogen-bond acceptors (Lipinski definition) is 6. The zero-order valence-electron chi connectivity index (χ0n) is 13.9. The van der Waals surface area contributed by atoms with Crippen molar-refractivity contribution in [2.75, 3.05) is 6.61 Å². The van der Waals surface area contributed by atoms with Crippen LogP contribution in [0.3, 0.4) is 0 Å². The van der Waals surface area contributed by atoms with Crippen molar-refractivity contribution in [3.8, 4) is 5.75 Å². The highest BCUT2D eigenvalue weighted by atomic mass is 35.5. The number of hydrogen-bond donors (Lipinski definition) is 1. The summed E-state index contributed by atoms with van der Waals surface area (Å²) in [5, 5.41) is 0. The lowest BCUT2D eigenvalue weighted by atomic mass is 10.1. The number of para-hydroxylation sites is 1. The summed E-state index contributed by atoms with van der Waals surface area (Å²) in [6.07, 6.45) is 0.427. The predicted octanol–water partition coefficient (Wildman–Crippen LogP) is 2.31. The van der Waals surface area contributed by atoms with Gasteiger partial charge in [-0.2, -0.15) is 0 Å². The van der Waals surface area contributed by atoms with E-state index in [1.54, 1.807) is 31.2 Å². The molecular weight excluding hydrogens is 383 g/mol. The molecule has 1 aliphatic heterocycles. The van der Waals surface area contributed by atoms with Gasteiger partial charge < -0.3 is 9.26 Å². The molecule has 8 nitrogen and oxygen atoms in total.